The maximum atomic E-state index is 12.2. The van der Waals surface area contributed by atoms with Gasteiger partial charge in [0.15, 0.2) is 0 Å². The number of nitrogens with one attached hydrogen (secondary N) is 1. The van der Waals surface area contributed by atoms with E-state index in [2.05, 4.69) is 37.4 Å². The number of hydrogen-bond donors (Lipinski definition) is 1. The maximum absolute atomic E-state index is 12.2. The Labute approximate surface area is 116 Å². The zero-order valence-corrected chi connectivity index (χ0v) is 12.0. The molecule has 1 aromatic rings. The molecular formula is C16H24N2O. The molecule has 19 heavy (non-hydrogen) atoms. The second-order valence-electron chi connectivity index (χ2n) is 5.49. The van der Waals surface area contributed by atoms with Gasteiger partial charge in [0.25, 0.3) is 0 Å². The van der Waals surface area contributed by atoms with Crippen LogP contribution in [0.1, 0.15) is 38.7 Å². The molecule has 1 aliphatic heterocycles. The fourth-order valence-corrected chi connectivity index (χ4v) is 2.56. The van der Waals surface area contributed by atoms with Crippen molar-refractivity contribution in [3.8, 4) is 0 Å². The van der Waals surface area contributed by atoms with Gasteiger partial charge in [0.1, 0.15) is 0 Å². The molecule has 0 saturated carbocycles. The highest BCUT2D eigenvalue weighted by Crippen LogP contribution is 2.26. The van der Waals surface area contributed by atoms with Crippen LogP contribution in [0.2, 0.25) is 0 Å². The highest BCUT2D eigenvalue weighted by Gasteiger charge is 2.21. The molecule has 1 aromatic carbocycles. The van der Waals surface area contributed by atoms with Crippen LogP contribution in [-0.2, 0) is 11.2 Å². The SMILES string of the molecule is CC(C)NCCCN1C(=O)CCCc2ccccc21. The van der Waals surface area contributed by atoms with Gasteiger partial charge < -0.3 is 10.2 Å². The number of aryl methyl sites for hydroxylation is 1. The molecule has 3 nitrogen and oxygen atoms in total. The number of carbonyl (C=O) groups is 1. The average molecular weight is 260 g/mol. The van der Waals surface area contributed by atoms with Gasteiger partial charge in [-0.05, 0) is 37.4 Å². The number of anilines is 1. The molecule has 1 aliphatic rings. The van der Waals surface area contributed by atoms with Crippen molar-refractivity contribution in [2.24, 2.45) is 0 Å². The Kier molecular flexibility index (Phi) is 4.97. The molecule has 0 aromatic heterocycles. The van der Waals surface area contributed by atoms with Gasteiger partial charge in [-0.15, -0.1) is 0 Å². The number of carbonyl (C=O) groups excluding carboxylic acids is 1. The normalized spacial score (nSPS) is 15.5. The van der Waals surface area contributed by atoms with Crippen LogP contribution >= 0.6 is 0 Å². The molecule has 0 spiro atoms. The molecule has 0 fully saturated rings. The zero-order valence-electron chi connectivity index (χ0n) is 12.0. The molecule has 1 amide bonds. The summed E-state index contributed by atoms with van der Waals surface area (Å²) in [6.45, 7) is 6.07. The lowest BCUT2D eigenvalue weighted by molar-refractivity contribution is -0.118. The largest absolute Gasteiger partial charge is 0.314 e. The Morgan fingerprint density at radius 1 is 1.26 bits per heavy atom. The van der Waals surface area contributed by atoms with Gasteiger partial charge in [-0.1, -0.05) is 32.0 Å². The van der Waals surface area contributed by atoms with Gasteiger partial charge in [-0.2, -0.15) is 0 Å². The number of para-hydroxylation sites is 1. The van der Waals surface area contributed by atoms with Gasteiger partial charge in [0, 0.05) is 24.7 Å². The number of benzene rings is 1. The summed E-state index contributed by atoms with van der Waals surface area (Å²) < 4.78 is 0. The van der Waals surface area contributed by atoms with Crippen molar-refractivity contribution < 1.29 is 4.79 Å². The van der Waals surface area contributed by atoms with E-state index in [0.717, 1.165) is 38.0 Å². The fourth-order valence-electron chi connectivity index (χ4n) is 2.56. The lowest BCUT2D eigenvalue weighted by Crippen LogP contribution is -2.34. The van der Waals surface area contributed by atoms with Gasteiger partial charge in [0.2, 0.25) is 5.91 Å². The van der Waals surface area contributed by atoms with E-state index in [4.69, 9.17) is 0 Å². The first kappa shape index (κ1) is 14.1. The smallest absolute Gasteiger partial charge is 0.226 e. The molecule has 1 heterocycles. The highest BCUT2D eigenvalue weighted by molar-refractivity contribution is 5.94. The van der Waals surface area contributed by atoms with Crippen molar-refractivity contribution in [1.29, 1.82) is 0 Å². The van der Waals surface area contributed by atoms with E-state index in [1.807, 2.05) is 11.0 Å². The van der Waals surface area contributed by atoms with Gasteiger partial charge in [0.05, 0.1) is 0 Å². The predicted molar refractivity (Wildman–Crippen MR) is 79.5 cm³/mol. The van der Waals surface area contributed by atoms with E-state index in [0.29, 0.717) is 12.5 Å². The average Bonchev–Trinajstić information content (AvgIpc) is 2.54. The second-order valence-corrected chi connectivity index (χ2v) is 5.49. The summed E-state index contributed by atoms with van der Waals surface area (Å²) in [5.74, 6) is 0.273. The van der Waals surface area contributed by atoms with Crippen LogP contribution in [0.15, 0.2) is 24.3 Å². The van der Waals surface area contributed by atoms with Crippen LogP contribution < -0.4 is 10.2 Å². The third kappa shape index (κ3) is 3.80. The van der Waals surface area contributed by atoms with E-state index in [1.54, 1.807) is 0 Å². The first-order valence-corrected chi connectivity index (χ1v) is 7.30. The third-order valence-corrected chi connectivity index (χ3v) is 3.53. The summed E-state index contributed by atoms with van der Waals surface area (Å²) in [7, 11) is 0. The first-order chi connectivity index (χ1) is 9.18. The Bertz CT molecular complexity index is 429. The summed E-state index contributed by atoms with van der Waals surface area (Å²) >= 11 is 0. The van der Waals surface area contributed by atoms with Crippen LogP contribution in [0.5, 0.6) is 0 Å². The minimum Gasteiger partial charge on any atom is -0.314 e. The molecule has 0 atom stereocenters. The summed E-state index contributed by atoms with van der Waals surface area (Å²) in [4.78, 5) is 14.2. The third-order valence-electron chi connectivity index (χ3n) is 3.53. The predicted octanol–water partition coefficient (Wildman–Crippen LogP) is 2.74. The van der Waals surface area contributed by atoms with Crippen molar-refractivity contribution in [2.45, 2.75) is 45.6 Å². The van der Waals surface area contributed by atoms with Crippen LogP contribution in [0.25, 0.3) is 0 Å². The van der Waals surface area contributed by atoms with Crippen LogP contribution in [0, 0.1) is 0 Å². The minimum absolute atomic E-state index is 0.273. The van der Waals surface area contributed by atoms with E-state index >= 15 is 0 Å². The summed E-state index contributed by atoms with van der Waals surface area (Å²) in [5.41, 5.74) is 2.43. The molecule has 0 aliphatic carbocycles. The molecular weight excluding hydrogens is 236 g/mol. The molecule has 3 heteroatoms. The number of rotatable bonds is 5. The fraction of sp³-hybridized carbons (Fsp3) is 0.562. The summed E-state index contributed by atoms with van der Waals surface area (Å²) in [5, 5.41) is 3.40. The van der Waals surface area contributed by atoms with Gasteiger partial charge in [-0.3, -0.25) is 4.79 Å². The Morgan fingerprint density at radius 3 is 2.84 bits per heavy atom. The van der Waals surface area contributed by atoms with E-state index < -0.39 is 0 Å². The Morgan fingerprint density at radius 2 is 2.05 bits per heavy atom. The van der Waals surface area contributed by atoms with E-state index in [-0.39, 0.29) is 5.91 Å². The van der Waals surface area contributed by atoms with Gasteiger partial charge in [-0.25, -0.2) is 0 Å². The quantitative estimate of drug-likeness (QED) is 0.826. The number of fused-ring (bicyclic) bond motifs is 1. The molecule has 0 unspecified atom stereocenters. The summed E-state index contributed by atoms with van der Waals surface area (Å²) in [6.07, 6.45) is 3.66. The zero-order chi connectivity index (χ0) is 13.7. The van der Waals surface area contributed by atoms with Gasteiger partial charge >= 0.3 is 0 Å². The second kappa shape index (κ2) is 6.71. The molecule has 0 saturated heterocycles. The molecule has 1 N–H and O–H groups in total. The number of hydrogen-bond acceptors (Lipinski definition) is 2. The lowest BCUT2D eigenvalue weighted by atomic mass is 10.1. The van der Waals surface area contributed by atoms with Crippen molar-refractivity contribution in [2.75, 3.05) is 18.0 Å². The standard InChI is InChI=1S/C16H24N2O/c1-13(2)17-11-6-12-18-15-9-4-3-7-14(15)8-5-10-16(18)19/h3-4,7,9,13,17H,5-6,8,10-12H2,1-2H3. The van der Waals surface area contributed by atoms with E-state index in [1.165, 1.54) is 5.56 Å². The minimum atomic E-state index is 0.273. The highest BCUT2D eigenvalue weighted by atomic mass is 16.2. The van der Waals surface area contributed by atoms with E-state index in [9.17, 15) is 4.79 Å². The summed E-state index contributed by atoms with van der Waals surface area (Å²) in [6, 6.07) is 8.82. The monoisotopic (exact) mass is 260 g/mol. The van der Waals surface area contributed by atoms with Crippen LogP contribution in [-0.4, -0.2) is 25.0 Å². The van der Waals surface area contributed by atoms with Crippen molar-refractivity contribution >= 4 is 11.6 Å². The number of nitrogens with zero attached hydrogens (tertiary/aromatic N) is 1. The lowest BCUT2D eigenvalue weighted by Gasteiger charge is -2.23. The molecule has 0 radical (unpaired) electrons. The first-order valence-electron chi connectivity index (χ1n) is 7.30. The molecule has 104 valence electrons. The van der Waals surface area contributed by atoms with Crippen molar-refractivity contribution in [3.05, 3.63) is 29.8 Å². The van der Waals surface area contributed by atoms with Crippen LogP contribution in [0.4, 0.5) is 5.69 Å². The van der Waals surface area contributed by atoms with Crippen molar-refractivity contribution in [1.82, 2.24) is 5.32 Å². The number of amides is 1. The topological polar surface area (TPSA) is 32.3 Å². The Hall–Kier alpha value is -1.35. The van der Waals surface area contributed by atoms with Crippen molar-refractivity contribution in [3.63, 3.8) is 0 Å². The van der Waals surface area contributed by atoms with Crippen LogP contribution in [0.3, 0.4) is 0 Å². The maximum Gasteiger partial charge on any atom is 0.226 e. The Balaban J connectivity index is 2.02. The molecule has 0 bridgehead atoms. The molecule has 2 rings (SSSR count).